The lowest BCUT2D eigenvalue weighted by Gasteiger charge is -2.45. The van der Waals surface area contributed by atoms with E-state index in [0.29, 0.717) is 6.04 Å². The van der Waals surface area contributed by atoms with Gasteiger partial charge in [0.2, 0.25) is 0 Å². The number of nitrogens with zero attached hydrogens (tertiary/aromatic N) is 2. The molecule has 1 N–H and O–H groups in total. The first kappa shape index (κ1) is 12.4. The number of halogens is 1. The molecule has 5 rings (SSSR count). The van der Waals surface area contributed by atoms with Crippen molar-refractivity contribution in [2.75, 3.05) is 25.0 Å². The summed E-state index contributed by atoms with van der Waals surface area (Å²) in [7, 11) is 0. The van der Waals surface area contributed by atoms with E-state index in [2.05, 4.69) is 21.3 Å². The van der Waals surface area contributed by atoms with Gasteiger partial charge in [-0.2, -0.15) is 0 Å². The van der Waals surface area contributed by atoms with Crippen molar-refractivity contribution in [1.82, 2.24) is 9.88 Å². The van der Waals surface area contributed by atoms with Crippen molar-refractivity contribution in [2.45, 2.75) is 18.9 Å². The van der Waals surface area contributed by atoms with Crippen molar-refractivity contribution < 1.29 is 0 Å². The maximum absolute atomic E-state index is 6.24. The van der Waals surface area contributed by atoms with E-state index in [9.17, 15) is 0 Å². The monoisotopic (exact) mass is 287 g/mol. The summed E-state index contributed by atoms with van der Waals surface area (Å²) in [6.45, 7) is 3.67. The second-order valence-corrected chi connectivity index (χ2v) is 6.35. The molecule has 3 aliphatic heterocycles. The van der Waals surface area contributed by atoms with Gasteiger partial charge < -0.3 is 10.2 Å². The topological polar surface area (TPSA) is 28.2 Å². The van der Waals surface area contributed by atoms with E-state index in [1.165, 1.54) is 25.9 Å². The summed E-state index contributed by atoms with van der Waals surface area (Å²) >= 11 is 6.24. The summed E-state index contributed by atoms with van der Waals surface area (Å²) in [6, 6.07) is 8.54. The molecule has 104 valence electrons. The van der Waals surface area contributed by atoms with Crippen LogP contribution in [0.15, 0.2) is 30.5 Å². The summed E-state index contributed by atoms with van der Waals surface area (Å²) in [6.07, 6.45) is 4.46. The Bertz CT molecular complexity index is 635. The number of rotatable bonds is 2. The first-order valence-electron chi connectivity index (χ1n) is 7.33. The van der Waals surface area contributed by atoms with Crippen LogP contribution in [0.2, 0.25) is 5.02 Å². The van der Waals surface area contributed by atoms with Crippen molar-refractivity contribution in [2.24, 2.45) is 5.92 Å². The Morgan fingerprint density at radius 2 is 2.10 bits per heavy atom. The highest BCUT2D eigenvalue weighted by atomic mass is 35.5. The van der Waals surface area contributed by atoms with Crippen LogP contribution in [0.1, 0.15) is 12.8 Å². The number of pyridine rings is 1. The molecule has 4 heteroatoms. The maximum Gasteiger partial charge on any atom is 0.0934 e. The predicted molar refractivity (Wildman–Crippen MR) is 83.3 cm³/mol. The van der Waals surface area contributed by atoms with E-state index >= 15 is 0 Å². The van der Waals surface area contributed by atoms with Crippen LogP contribution in [0.5, 0.6) is 0 Å². The zero-order chi connectivity index (χ0) is 13.5. The first-order valence-corrected chi connectivity index (χ1v) is 7.70. The predicted octanol–water partition coefficient (Wildman–Crippen LogP) is 3.39. The van der Waals surface area contributed by atoms with Crippen LogP contribution in [0.3, 0.4) is 0 Å². The number of aromatic nitrogens is 1. The smallest absolute Gasteiger partial charge is 0.0934 e. The number of fused-ring (bicyclic) bond motifs is 4. The van der Waals surface area contributed by atoms with Gasteiger partial charge in [0, 0.05) is 29.2 Å². The molecule has 1 aromatic carbocycles. The Morgan fingerprint density at radius 3 is 2.85 bits per heavy atom. The minimum Gasteiger partial charge on any atom is -0.379 e. The fourth-order valence-corrected chi connectivity index (χ4v) is 3.82. The highest BCUT2D eigenvalue weighted by Gasteiger charge is 2.34. The molecule has 3 aliphatic rings. The van der Waals surface area contributed by atoms with Gasteiger partial charge in [-0.1, -0.05) is 17.7 Å². The van der Waals surface area contributed by atoms with Gasteiger partial charge in [0.15, 0.2) is 0 Å². The summed E-state index contributed by atoms with van der Waals surface area (Å²) in [5, 5.41) is 5.58. The molecule has 3 nitrogen and oxygen atoms in total. The number of hydrogen-bond donors (Lipinski definition) is 1. The van der Waals surface area contributed by atoms with Crippen LogP contribution in [0.4, 0.5) is 5.69 Å². The van der Waals surface area contributed by atoms with Gasteiger partial charge in [0.1, 0.15) is 0 Å². The molecule has 1 unspecified atom stereocenters. The Labute approximate surface area is 123 Å². The van der Waals surface area contributed by atoms with Gasteiger partial charge in [-0.15, -0.1) is 0 Å². The Kier molecular flexibility index (Phi) is 3.04. The molecule has 0 aliphatic carbocycles. The van der Waals surface area contributed by atoms with E-state index < -0.39 is 0 Å². The lowest BCUT2D eigenvalue weighted by Crippen LogP contribution is -2.53. The third-order valence-electron chi connectivity index (χ3n) is 4.67. The van der Waals surface area contributed by atoms with E-state index in [4.69, 9.17) is 11.6 Å². The average molecular weight is 288 g/mol. The third kappa shape index (κ3) is 2.15. The minimum atomic E-state index is 0.529. The molecule has 0 saturated carbocycles. The Hall–Kier alpha value is -1.32. The van der Waals surface area contributed by atoms with Gasteiger partial charge in [-0.3, -0.25) is 4.98 Å². The van der Waals surface area contributed by atoms with E-state index in [0.717, 1.165) is 34.1 Å². The number of nitrogens with one attached hydrogen (secondary N) is 1. The molecule has 2 aromatic rings. The number of anilines is 1. The van der Waals surface area contributed by atoms with Crippen LogP contribution in [0, 0.1) is 5.92 Å². The Morgan fingerprint density at radius 1 is 1.25 bits per heavy atom. The van der Waals surface area contributed by atoms with Crippen LogP contribution in [-0.2, 0) is 0 Å². The van der Waals surface area contributed by atoms with Gasteiger partial charge >= 0.3 is 0 Å². The molecular weight excluding hydrogens is 270 g/mol. The molecule has 4 heterocycles. The average Bonchev–Trinajstić information content (AvgIpc) is 2.48. The summed E-state index contributed by atoms with van der Waals surface area (Å²) in [5.74, 6) is 0.790. The molecule has 0 spiro atoms. The summed E-state index contributed by atoms with van der Waals surface area (Å²) in [4.78, 5) is 7.07. The standard InChI is InChI=1S/C16H18ClN3/c17-13-8-12-2-1-5-18-16(12)14(9-13)19-15-10-20-6-3-11(15)4-7-20/h1-2,5,8-9,11,15,19H,3-4,6-7,10H2. The van der Waals surface area contributed by atoms with Crippen LogP contribution in [0.25, 0.3) is 10.9 Å². The van der Waals surface area contributed by atoms with Crippen molar-refractivity contribution in [3.05, 3.63) is 35.5 Å². The molecule has 3 saturated heterocycles. The highest BCUT2D eigenvalue weighted by molar-refractivity contribution is 6.31. The van der Waals surface area contributed by atoms with E-state index in [1.54, 1.807) is 0 Å². The SMILES string of the molecule is Clc1cc(NC2CN3CCC2CC3)c2ncccc2c1. The molecule has 1 atom stereocenters. The number of piperidine rings is 3. The molecule has 20 heavy (non-hydrogen) atoms. The quantitative estimate of drug-likeness (QED) is 0.918. The molecular formula is C16H18ClN3. The van der Waals surface area contributed by atoms with Crippen LogP contribution in [-0.4, -0.2) is 35.6 Å². The van der Waals surface area contributed by atoms with Crippen LogP contribution >= 0.6 is 11.6 Å². The van der Waals surface area contributed by atoms with Crippen molar-refractivity contribution in [3.8, 4) is 0 Å². The number of benzene rings is 1. The lowest BCUT2D eigenvalue weighted by molar-refractivity contribution is 0.0976. The molecule has 2 bridgehead atoms. The zero-order valence-corrected chi connectivity index (χ0v) is 12.1. The van der Waals surface area contributed by atoms with E-state index in [-0.39, 0.29) is 0 Å². The number of hydrogen-bond acceptors (Lipinski definition) is 3. The van der Waals surface area contributed by atoms with Crippen molar-refractivity contribution in [1.29, 1.82) is 0 Å². The van der Waals surface area contributed by atoms with Crippen molar-refractivity contribution in [3.63, 3.8) is 0 Å². The highest BCUT2D eigenvalue weighted by Crippen LogP contribution is 2.32. The fraction of sp³-hybridized carbons (Fsp3) is 0.438. The largest absolute Gasteiger partial charge is 0.379 e. The fourth-order valence-electron chi connectivity index (χ4n) is 3.59. The lowest BCUT2D eigenvalue weighted by atomic mass is 9.84. The van der Waals surface area contributed by atoms with Gasteiger partial charge in [-0.05, 0) is 50.0 Å². The minimum absolute atomic E-state index is 0.529. The first-order chi connectivity index (χ1) is 9.79. The third-order valence-corrected chi connectivity index (χ3v) is 4.88. The van der Waals surface area contributed by atoms with Gasteiger partial charge in [0.25, 0.3) is 0 Å². The summed E-state index contributed by atoms with van der Waals surface area (Å²) < 4.78 is 0. The van der Waals surface area contributed by atoms with Crippen molar-refractivity contribution >= 4 is 28.2 Å². The maximum atomic E-state index is 6.24. The second kappa shape index (κ2) is 4.90. The molecule has 0 amide bonds. The van der Waals surface area contributed by atoms with Crippen LogP contribution < -0.4 is 5.32 Å². The molecule has 3 fully saturated rings. The molecule has 1 aromatic heterocycles. The summed E-state index contributed by atoms with van der Waals surface area (Å²) in [5.41, 5.74) is 2.10. The normalized spacial score (nSPS) is 28.8. The Balaban J connectivity index is 1.68. The molecule has 0 radical (unpaired) electrons. The van der Waals surface area contributed by atoms with Gasteiger partial charge in [-0.25, -0.2) is 0 Å². The second-order valence-electron chi connectivity index (χ2n) is 5.92. The van der Waals surface area contributed by atoms with Gasteiger partial charge in [0.05, 0.1) is 11.2 Å². The zero-order valence-electron chi connectivity index (χ0n) is 11.3. The van der Waals surface area contributed by atoms with E-state index in [1.807, 2.05) is 24.4 Å².